The summed E-state index contributed by atoms with van der Waals surface area (Å²) in [7, 11) is 0. The number of nitrogens with one attached hydrogen (secondary N) is 2. The molecule has 2 amide bonds. The van der Waals surface area contributed by atoms with Crippen molar-refractivity contribution in [3.8, 4) is 5.75 Å². The average Bonchev–Trinajstić information content (AvgIpc) is 2.83. The molecule has 0 bridgehead atoms. The zero-order valence-corrected chi connectivity index (χ0v) is 21.5. The molecule has 0 aromatic heterocycles. The molecule has 0 fully saturated rings. The van der Waals surface area contributed by atoms with Crippen molar-refractivity contribution in [2.24, 2.45) is 5.10 Å². The standard InChI is InChI=1S/C25H21Cl4N3O3/c1-15(35-22-11-10-18(26)13-20(22)28)24(33)31-21(12-16-6-3-2-4-7-16)25(34)32-30-14-17-8-5-9-19(27)23(17)29/h2-11,13-15,21H,12H2,1H3,(H,31,33)(H,32,34)/b30-14-/t15-,21+/m1/s1. The van der Waals surface area contributed by atoms with E-state index in [-0.39, 0.29) is 11.4 Å². The van der Waals surface area contributed by atoms with Gasteiger partial charge in [-0.2, -0.15) is 5.10 Å². The van der Waals surface area contributed by atoms with Gasteiger partial charge in [0.15, 0.2) is 6.10 Å². The summed E-state index contributed by atoms with van der Waals surface area (Å²) >= 11 is 24.2. The summed E-state index contributed by atoms with van der Waals surface area (Å²) in [5.74, 6) is -0.729. The smallest absolute Gasteiger partial charge is 0.262 e. The van der Waals surface area contributed by atoms with Crippen LogP contribution in [0.4, 0.5) is 0 Å². The molecule has 2 atom stereocenters. The van der Waals surface area contributed by atoms with Gasteiger partial charge in [0.2, 0.25) is 0 Å². The van der Waals surface area contributed by atoms with E-state index in [1.54, 1.807) is 37.3 Å². The van der Waals surface area contributed by atoms with Crippen LogP contribution in [0.1, 0.15) is 18.1 Å². The zero-order chi connectivity index (χ0) is 25.4. The first-order valence-corrected chi connectivity index (χ1v) is 12.0. The van der Waals surface area contributed by atoms with Crippen molar-refractivity contribution >= 4 is 64.4 Å². The van der Waals surface area contributed by atoms with Gasteiger partial charge < -0.3 is 10.1 Å². The van der Waals surface area contributed by atoms with Gasteiger partial charge in [-0.25, -0.2) is 5.43 Å². The van der Waals surface area contributed by atoms with Crippen LogP contribution in [-0.2, 0) is 16.0 Å². The maximum atomic E-state index is 12.9. The first-order valence-electron chi connectivity index (χ1n) is 10.5. The van der Waals surface area contributed by atoms with E-state index in [4.69, 9.17) is 51.1 Å². The van der Waals surface area contributed by atoms with E-state index in [9.17, 15) is 9.59 Å². The lowest BCUT2D eigenvalue weighted by molar-refractivity contribution is -0.132. The molecule has 2 N–H and O–H groups in total. The number of amides is 2. The van der Waals surface area contributed by atoms with Gasteiger partial charge >= 0.3 is 0 Å². The van der Waals surface area contributed by atoms with Gasteiger partial charge in [-0.05, 0) is 36.8 Å². The highest BCUT2D eigenvalue weighted by Gasteiger charge is 2.25. The monoisotopic (exact) mass is 551 g/mol. The van der Waals surface area contributed by atoms with Gasteiger partial charge in [-0.1, -0.05) is 88.9 Å². The molecule has 182 valence electrons. The highest BCUT2D eigenvalue weighted by Crippen LogP contribution is 2.28. The van der Waals surface area contributed by atoms with Crippen molar-refractivity contribution in [1.29, 1.82) is 0 Å². The molecule has 0 radical (unpaired) electrons. The SMILES string of the molecule is C[C@@H](Oc1ccc(Cl)cc1Cl)C(=O)N[C@@H](Cc1ccccc1)C(=O)N/N=C\c1cccc(Cl)c1Cl. The van der Waals surface area contributed by atoms with Crippen LogP contribution < -0.4 is 15.5 Å². The molecule has 0 heterocycles. The molecule has 0 aliphatic carbocycles. The van der Waals surface area contributed by atoms with E-state index in [0.717, 1.165) is 5.56 Å². The first kappa shape index (κ1) is 26.8. The number of nitrogens with zero attached hydrogens (tertiary/aromatic N) is 1. The Hall–Kier alpha value is -2.77. The molecule has 0 saturated carbocycles. The third-order valence-corrected chi connectivity index (χ3v) is 6.21. The first-order chi connectivity index (χ1) is 16.7. The van der Waals surface area contributed by atoms with E-state index in [0.29, 0.717) is 26.4 Å². The van der Waals surface area contributed by atoms with E-state index in [1.165, 1.54) is 12.3 Å². The number of hydrogen-bond acceptors (Lipinski definition) is 4. The molecular formula is C25H21Cl4N3O3. The highest BCUT2D eigenvalue weighted by atomic mass is 35.5. The van der Waals surface area contributed by atoms with Crippen molar-refractivity contribution in [2.75, 3.05) is 0 Å². The molecule has 0 saturated heterocycles. The van der Waals surface area contributed by atoms with Gasteiger partial charge in [0.25, 0.3) is 11.8 Å². The lowest BCUT2D eigenvalue weighted by Crippen LogP contribution is -2.50. The summed E-state index contributed by atoms with van der Waals surface area (Å²) < 4.78 is 5.66. The molecule has 3 aromatic rings. The summed E-state index contributed by atoms with van der Waals surface area (Å²) in [6, 6.07) is 18.1. The van der Waals surface area contributed by atoms with Gasteiger partial charge in [-0.15, -0.1) is 0 Å². The van der Waals surface area contributed by atoms with Crippen molar-refractivity contribution in [3.63, 3.8) is 0 Å². The zero-order valence-electron chi connectivity index (χ0n) is 18.5. The second kappa shape index (κ2) is 12.8. The summed E-state index contributed by atoms with van der Waals surface area (Å²) in [4.78, 5) is 25.8. The van der Waals surface area contributed by atoms with Crippen molar-refractivity contribution in [3.05, 3.63) is 97.9 Å². The van der Waals surface area contributed by atoms with Gasteiger partial charge in [0.1, 0.15) is 11.8 Å². The third kappa shape index (κ3) is 7.87. The molecule has 0 unspecified atom stereocenters. The Labute approximate surface area is 223 Å². The quantitative estimate of drug-likeness (QED) is 0.254. The van der Waals surface area contributed by atoms with Crippen LogP contribution in [0.2, 0.25) is 20.1 Å². The highest BCUT2D eigenvalue weighted by molar-refractivity contribution is 6.43. The van der Waals surface area contributed by atoms with Crippen LogP contribution in [0.3, 0.4) is 0 Å². The Morgan fingerprint density at radius 3 is 2.40 bits per heavy atom. The molecule has 10 heteroatoms. The Kier molecular flexibility index (Phi) is 9.81. The lowest BCUT2D eigenvalue weighted by Gasteiger charge is -2.21. The molecule has 0 spiro atoms. The normalized spacial score (nSPS) is 12.7. The number of carbonyl (C=O) groups is 2. The molecular weight excluding hydrogens is 532 g/mol. The minimum absolute atomic E-state index is 0.236. The Morgan fingerprint density at radius 1 is 0.943 bits per heavy atom. The summed E-state index contributed by atoms with van der Waals surface area (Å²) in [5, 5.41) is 8.08. The van der Waals surface area contributed by atoms with E-state index in [1.807, 2.05) is 30.3 Å². The van der Waals surface area contributed by atoms with E-state index >= 15 is 0 Å². The molecule has 3 rings (SSSR count). The average molecular weight is 553 g/mol. The van der Waals surface area contributed by atoms with Crippen LogP contribution in [0.5, 0.6) is 5.75 Å². The minimum Gasteiger partial charge on any atom is -0.479 e. The van der Waals surface area contributed by atoms with Crippen molar-refractivity contribution < 1.29 is 14.3 Å². The fourth-order valence-electron chi connectivity index (χ4n) is 3.03. The van der Waals surface area contributed by atoms with Crippen molar-refractivity contribution in [2.45, 2.75) is 25.5 Å². The largest absolute Gasteiger partial charge is 0.479 e. The van der Waals surface area contributed by atoms with Crippen LogP contribution >= 0.6 is 46.4 Å². The fourth-order valence-corrected chi connectivity index (χ4v) is 3.84. The Morgan fingerprint density at radius 2 is 1.69 bits per heavy atom. The fraction of sp³-hybridized carbons (Fsp3) is 0.160. The second-order valence-electron chi connectivity index (χ2n) is 7.46. The summed E-state index contributed by atoms with van der Waals surface area (Å²) in [6.07, 6.45) is 0.677. The maximum absolute atomic E-state index is 12.9. The number of carbonyl (C=O) groups excluding carboxylic acids is 2. The summed E-state index contributed by atoms with van der Waals surface area (Å²) in [5.41, 5.74) is 3.83. The lowest BCUT2D eigenvalue weighted by atomic mass is 10.1. The molecule has 0 aliphatic heterocycles. The molecule has 3 aromatic carbocycles. The molecule has 35 heavy (non-hydrogen) atoms. The number of hydrazone groups is 1. The number of benzene rings is 3. The molecule has 6 nitrogen and oxygen atoms in total. The number of rotatable bonds is 9. The summed E-state index contributed by atoms with van der Waals surface area (Å²) in [6.45, 7) is 1.55. The van der Waals surface area contributed by atoms with Crippen LogP contribution in [-0.4, -0.2) is 30.2 Å². The van der Waals surface area contributed by atoms with E-state index < -0.39 is 24.0 Å². The van der Waals surface area contributed by atoms with Crippen LogP contribution in [0, 0.1) is 0 Å². The van der Waals surface area contributed by atoms with E-state index in [2.05, 4.69) is 15.8 Å². The van der Waals surface area contributed by atoms with Crippen LogP contribution in [0.25, 0.3) is 0 Å². The minimum atomic E-state index is -0.937. The number of halogens is 4. The Bertz CT molecular complexity index is 1220. The van der Waals surface area contributed by atoms with Gasteiger partial charge in [0.05, 0.1) is 21.3 Å². The molecule has 0 aliphatic rings. The maximum Gasteiger partial charge on any atom is 0.262 e. The second-order valence-corrected chi connectivity index (χ2v) is 9.09. The third-order valence-electron chi connectivity index (χ3n) is 4.84. The predicted octanol–water partition coefficient (Wildman–Crippen LogP) is 5.95. The topological polar surface area (TPSA) is 79.8 Å². The van der Waals surface area contributed by atoms with Crippen molar-refractivity contribution in [1.82, 2.24) is 10.7 Å². The van der Waals surface area contributed by atoms with Crippen LogP contribution in [0.15, 0.2) is 71.8 Å². The Balaban J connectivity index is 1.70. The predicted molar refractivity (Wildman–Crippen MR) is 141 cm³/mol. The number of hydrogen-bond donors (Lipinski definition) is 2. The van der Waals surface area contributed by atoms with Gasteiger partial charge in [0, 0.05) is 17.0 Å². The van der Waals surface area contributed by atoms with Gasteiger partial charge in [-0.3, -0.25) is 9.59 Å². The number of ether oxygens (including phenoxy) is 1.